The van der Waals surface area contributed by atoms with Crippen molar-refractivity contribution in [3.8, 4) is 0 Å². The molecule has 1 N–H and O–H groups in total. The fourth-order valence-electron chi connectivity index (χ4n) is 5.22. The molecular formula is C28H35BrClN3O2. The summed E-state index contributed by atoms with van der Waals surface area (Å²) in [4.78, 5) is 30.3. The smallest absolute Gasteiger partial charge is 0.229 e. The molecule has 0 aromatic heterocycles. The topological polar surface area (TPSA) is 52.7 Å². The first-order valence-electron chi connectivity index (χ1n) is 12.6. The van der Waals surface area contributed by atoms with Crippen LogP contribution in [0.25, 0.3) is 0 Å². The summed E-state index contributed by atoms with van der Waals surface area (Å²) in [6, 6.07) is 15.9. The molecule has 1 unspecified atom stereocenters. The van der Waals surface area contributed by atoms with Crippen LogP contribution in [0, 0.1) is 11.3 Å². The Balaban J connectivity index is 1.32. The van der Waals surface area contributed by atoms with Gasteiger partial charge in [-0.15, -0.1) is 0 Å². The minimum absolute atomic E-state index is 0.0509. The van der Waals surface area contributed by atoms with Gasteiger partial charge < -0.3 is 15.1 Å². The number of hydrogen-bond acceptors (Lipinski definition) is 3. The number of piperidine rings is 1. The van der Waals surface area contributed by atoms with E-state index >= 15 is 0 Å². The molecule has 0 radical (unpaired) electrons. The van der Waals surface area contributed by atoms with Crippen molar-refractivity contribution in [2.45, 2.75) is 52.1 Å². The van der Waals surface area contributed by atoms with Gasteiger partial charge in [0.1, 0.15) is 0 Å². The molecule has 2 amide bonds. The van der Waals surface area contributed by atoms with Crippen molar-refractivity contribution in [2.75, 3.05) is 26.2 Å². The highest BCUT2D eigenvalue weighted by Crippen LogP contribution is 2.42. The van der Waals surface area contributed by atoms with Crippen molar-refractivity contribution in [1.29, 1.82) is 0 Å². The van der Waals surface area contributed by atoms with Crippen LogP contribution in [0.3, 0.4) is 0 Å². The highest BCUT2D eigenvalue weighted by molar-refractivity contribution is 9.10. The van der Waals surface area contributed by atoms with Crippen molar-refractivity contribution >= 4 is 39.3 Å². The molecule has 188 valence electrons. The van der Waals surface area contributed by atoms with Gasteiger partial charge in [0.15, 0.2) is 0 Å². The number of rotatable bonds is 8. The molecule has 2 aliphatic rings. The number of nitrogens with zero attached hydrogens (tertiary/aromatic N) is 2. The van der Waals surface area contributed by atoms with Crippen molar-refractivity contribution < 1.29 is 9.59 Å². The number of hydrogen-bond donors (Lipinski definition) is 1. The number of carbonyl (C=O) groups is 2. The molecule has 1 spiro atoms. The summed E-state index contributed by atoms with van der Waals surface area (Å²) in [6.07, 6.45) is 3.58. The van der Waals surface area contributed by atoms with Crippen LogP contribution in [0.5, 0.6) is 0 Å². The molecule has 4 rings (SSSR count). The first-order chi connectivity index (χ1) is 16.8. The van der Waals surface area contributed by atoms with E-state index in [1.165, 1.54) is 5.56 Å². The highest BCUT2D eigenvalue weighted by Gasteiger charge is 2.47. The van der Waals surface area contributed by atoms with E-state index in [0.29, 0.717) is 17.5 Å². The van der Waals surface area contributed by atoms with Crippen LogP contribution in [0.4, 0.5) is 0 Å². The molecule has 2 saturated heterocycles. The summed E-state index contributed by atoms with van der Waals surface area (Å²) >= 11 is 9.71. The third-order valence-electron chi connectivity index (χ3n) is 7.53. The Morgan fingerprint density at radius 2 is 1.77 bits per heavy atom. The summed E-state index contributed by atoms with van der Waals surface area (Å²) in [6.45, 7) is 8.06. The number of likely N-dealkylation sites (tertiary alicyclic amines) is 2. The molecule has 5 nitrogen and oxygen atoms in total. The van der Waals surface area contributed by atoms with Gasteiger partial charge in [0.25, 0.3) is 0 Å². The predicted octanol–water partition coefficient (Wildman–Crippen LogP) is 5.82. The minimum Gasteiger partial charge on any atom is -0.349 e. The minimum atomic E-state index is -0.204. The zero-order valence-electron chi connectivity index (χ0n) is 20.6. The van der Waals surface area contributed by atoms with Gasteiger partial charge in [-0.3, -0.25) is 9.59 Å². The second-order valence-electron chi connectivity index (χ2n) is 10.3. The van der Waals surface area contributed by atoms with Crippen LogP contribution in [-0.4, -0.2) is 47.8 Å². The predicted molar refractivity (Wildman–Crippen MR) is 144 cm³/mol. The molecule has 35 heavy (non-hydrogen) atoms. The van der Waals surface area contributed by atoms with Crippen molar-refractivity contribution in [3.05, 3.63) is 69.2 Å². The number of carbonyl (C=O) groups excluding carboxylic acids is 2. The van der Waals surface area contributed by atoms with E-state index < -0.39 is 0 Å². The van der Waals surface area contributed by atoms with Crippen LogP contribution in [0.1, 0.15) is 56.7 Å². The lowest BCUT2D eigenvalue weighted by Gasteiger charge is -2.38. The molecule has 2 aromatic rings. The third-order valence-corrected chi connectivity index (χ3v) is 8.29. The zero-order valence-corrected chi connectivity index (χ0v) is 22.9. The summed E-state index contributed by atoms with van der Waals surface area (Å²) in [7, 11) is 0. The average Bonchev–Trinajstić information content (AvgIpc) is 3.13. The van der Waals surface area contributed by atoms with E-state index in [1.54, 1.807) is 0 Å². The van der Waals surface area contributed by atoms with Crippen molar-refractivity contribution in [2.24, 2.45) is 11.3 Å². The zero-order chi connectivity index (χ0) is 25.0. The molecule has 2 fully saturated rings. The SMILES string of the molecule is CC(C)C(=O)NC(CCN1CCC2(CC1)CCN(Cc1ccc(Br)cc1)C2=O)c1cccc(Cl)c1. The van der Waals surface area contributed by atoms with Gasteiger partial charge in [-0.25, -0.2) is 0 Å². The lowest BCUT2D eigenvalue weighted by atomic mass is 9.77. The van der Waals surface area contributed by atoms with Crippen LogP contribution in [0.2, 0.25) is 5.02 Å². The van der Waals surface area contributed by atoms with Gasteiger partial charge in [0.05, 0.1) is 11.5 Å². The second-order valence-corrected chi connectivity index (χ2v) is 11.6. The van der Waals surface area contributed by atoms with Gasteiger partial charge >= 0.3 is 0 Å². The van der Waals surface area contributed by atoms with Crippen LogP contribution in [0.15, 0.2) is 53.0 Å². The average molecular weight is 561 g/mol. The molecule has 1 atom stereocenters. The van der Waals surface area contributed by atoms with Gasteiger partial charge in [0, 0.05) is 35.0 Å². The first-order valence-corrected chi connectivity index (χ1v) is 13.7. The normalized spacial score (nSPS) is 18.9. The van der Waals surface area contributed by atoms with Crippen LogP contribution < -0.4 is 5.32 Å². The molecule has 2 aromatic carbocycles. The van der Waals surface area contributed by atoms with Gasteiger partial charge in [0.2, 0.25) is 11.8 Å². The van der Waals surface area contributed by atoms with E-state index in [0.717, 1.165) is 61.9 Å². The quantitative estimate of drug-likeness (QED) is 0.443. The maximum Gasteiger partial charge on any atom is 0.229 e. The molecule has 7 heteroatoms. The number of benzene rings is 2. The van der Waals surface area contributed by atoms with Crippen molar-refractivity contribution in [1.82, 2.24) is 15.1 Å². The second kappa shape index (κ2) is 11.4. The highest BCUT2D eigenvalue weighted by atomic mass is 79.9. The largest absolute Gasteiger partial charge is 0.349 e. The van der Waals surface area contributed by atoms with Crippen LogP contribution in [-0.2, 0) is 16.1 Å². The molecule has 2 aliphatic heterocycles. The molecule has 0 aliphatic carbocycles. The Morgan fingerprint density at radius 1 is 1.09 bits per heavy atom. The summed E-state index contributed by atoms with van der Waals surface area (Å²) in [5, 5.41) is 3.88. The Hall–Kier alpha value is -1.89. The van der Waals surface area contributed by atoms with Crippen LogP contribution >= 0.6 is 27.5 Å². The fourth-order valence-corrected chi connectivity index (χ4v) is 5.68. The van der Waals surface area contributed by atoms with Gasteiger partial charge in [-0.2, -0.15) is 0 Å². The van der Waals surface area contributed by atoms with Gasteiger partial charge in [-0.05, 0) is 74.2 Å². The summed E-state index contributed by atoms with van der Waals surface area (Å²) in [5.74, 6) is 0.302. The fraction of sp³-hybridized carbons (Fsp3) is 0.500. The number of halogens is 2. The Kier molecular flexibility index (Phi) is 8.56. The molecule has 0 saturated carbocycles. The van der Waals surface area contributed by atoms with E-state index in [9.17, 15) is 9.59 Å². The molecule has 0 bridgehead atoms. The Bertz CT molecular complexity index is 1030. The Morgan fingerprint density at radius 3 is 2.43 bits per heavy atom. The maximum absolute atomic E-state index is 13.4. The standard InChI is InChI=1S/C28H35BrClN3O2/c1-20(2)26(34)31-25(22-4-3-5-24(30)18-22)10-14-32-15-11-28(12-16-32)13-17-33(27(28)35)19-21-6-8-23(29)9-7-21/h3-9,18,20,25H,10-17,19H2,1-2H3,(H,31,34). The van der Waals surface area contributed by atoms with E-state index in [-0.39, 0.29) is 23.3 Å². The van der Waals surface area contributed by atoms with Crippen molar-refractivity contribution in [3.63, 3.8) is 0 Å². The van der Waals surface area contributed by atoms with Gasteiger partial charge in [-0.1, -0.05) is 65.6 Å². The first kappa shape index (κ1) is 26.2. The third kappa shape index (κ3) is 6.46. The molecule has 2 heterocycles. The molecular weight excluding hydrogens is 526 g/mol. The van der Waals surface area contributed by atoms with E-state index in [1.807, 2.05) is 55.1 Å². The number of amides is 2. The lowest BCUT2D eigenvalue weighted by molar-refractivity contribution is -0.139. The lowest BCUT2D eigenvalue weighted by Crippen LogP contribution is -2.45. The monoisotopic (exact) mass is 559 g/mol. The van der Waals surface area contributed by atoms with E-state index in [2.05, 4.69) is 38.3 Å². The Labute approximate surface area is 222 Å². The summed E-state index contributed by atoms with van der Waals surface area (Å²) in [5.41, 5.74) is 2.01. The maximum atomic E-state index is 13.4. The van der Waals surface area contributed by atoms with E-state index in [4.69, 9.17) is 11.6 Å². The summed E-state index contributed by atoms with van der Waals surface area (Å²) < 4.78 is 1.05. The number of nitrogens with one attached hydrogen (secondary N) is 1.